The van der Waals surface area contributed by atoms with Gasteiger partial charge in [-0.05, 0) is 48.9 Å². The lowest BCUT2D eigenvalue weighted by atomic mass is 10.2. The lowest BCUT2D eigenvalue weighted by Gasteiger charge is -2.18. The summed E-state index contributed by atoms with van der Waals surface area (Å²) in [5.41, 5.74) is 2.80. The van der Waals surface area contributed by atoms with Gasteiger partial charge < -0.3 is 19.5 Å². The van der Waals surface area contributed by atoms with Gasteiger partial charge in [0.15, 0.2) is 0 Å². The Labute approximate surface area is 169 Å². The van der Waals surface area contributed by atoms with Crippen molar-refractivity contribution in [3.8, 4) is 17.1 Å². The smallest absolute Gasteiger partial charge is 0.321 e. The Morgan fingerprint density at radius 2 is 2.10 bits per heavy atom. The Balaban J connectivity index is 1.32. The van der Waals surface area contributed by atoms with Crippen LogP contribution >= 0.6 is 0 Å². The van der Waals surface area contributed by atoms with E-state index in [0.29, 0.717) is 31.2 Å². The average Bonchev–Trinajstić information content (AvgIpc) is 3.38. The summed E-state index contributed by atoms with van der Waals surface area (Å²) in [4.78, 5) is 18.6. The number of aryl methyl sites for hydroxylation is 2. The Morgan fingerprint density at radius 3 is 2.83 bits per heavy atom. The highest BCUT2D eigenvalue weighted by Crippen LogP contribution is 2.23. The van der Waals surface area contributed by atoms with E-state index in [4.69, 9.17) is 9.26 Å². The number of rotatable bonds is 5. The van der Waals surface area contributed by atoms with Gasteiger partial charge in [0.25, 0.3) is 0 Å². The number of aromatic nitrogens is 2. The van der Waals surface area contributed by atoms with Gasteiger partial charge in [-0.15, -0.1) is 0 Å². The lowest BCUT2D eigenvalue weighted by Crippen LogP contribution is -2.34. The molecule has 0 bridgehead atoms. The normalized spacial score (nSPS) is 16.1. The Bertz CT molecular complexity index is 984. The first-order chi connectivity index (χ1) is 14.1. The fourth-order valence-electron chi connectivity index (χ4n) is 3.32. The molecule has 0 saturated carbocycles. The first-order valence-corrected chi connectivity index (χ1v) is 9.83. The van der Waals surface area contributed by atoms with Crippen LogP contribution in [0.15, 0.2) is 53.1 Å². The summed E-state index contributed by atoms with van der Waals surface area (Å²) in [7, 11) is 0. The molecule has 4 rings (SSSR count). The number of carbonyl (C=O) groups is 1. The molecule has 150 valence electrons. The van der Waals surface area contributed by atoms with E-state index in [2.05, 4.69) is 15.5 Å². The second-order valence-corrected chi connectivity index (χ2v) is 7.16. The Hall–Kier alpha value is -3.35. The van der Waals surface area contributed by atoms with Gasteiger partial charge in [0.1, 0.15) is 11.9 Å². The highest BCUT2D eigenvalue weighted by molar-refractivity contribution is 5.89. The average molecular weight is 392 g/mol. The number of likely N-dealkylation sites (tertiary alicyclic amines) is 1. The van der Waals surface area contributed by atoms with Gasteiger partial charge in [-0.1, -0.05) is 24.2 Å². The van der Waals surface area contributed by atoms with Crippen LogP contribution in [0.5, 0.6) is 5.75 Å². The summed E-state index contributed by atoms with van der Waals surface area (Å²) < 4.78 is 11.2. The molecule has 1 atom stereocenters. The minimum atomic E-state index is -0.0964. The van der Waals surface area contributed by atoms with E-state index < -0.39 is 0 Å². The molecule has 2 heterocycles. The topological polar surface area (TPSA) is 80.5 Å². The van der Waals surface area contributed by atoms with E-state index in [1.165, 1.54) is 0 Å². The number of hydrogen-bond donors (Lipinski definition) is 1. The first kappa shape index (κ1) is 19.0. The van der Waals surface area contributed by atoms with Crippen LogP contribution in [0, 0.1) is 6.92 Å². The number of benzene rings is 2. The van der Waals surface area contributed by atoms with Crippen LogP contribution in [0.3, 0.4) is 0 Å². The molecule has 2 amide bonds. The number of amides is 2. The first-order valence-electron chi connectivity index (χ1n) is 9.83. The van der Waals surface area contributed by atoms with Crippen molar-refractivity contribution in [2.75, 3.05) is 18.4 Å². The van der Waals surface area contributed by atoms with Gasteiger partial charge in [0.2, 0.25) is 11.7 Å². The highest BCUT2D eigenvalue weighted by atomic mass is 16.5. The molecule has 1 unspecified atom stereocenters. The van der Waals surface area contributed by atoms with E-state index >= 15 is 0 Å². The second-order valence-electron chi connectivity index (χ2n) is 7.16. The van der Waals surface area contributed by atoms with Crippen molar-refractivity contribution < 1.29 is 14.1 Å². The molecule has 1 aromatic heterocycles. The van der Waals surface area contributed by atoms with E-state index in [-0.39, 0.29) is 12.1 Å². The van der Waals surface area contributed by atoms with Crippen LogP contribution in [-0.4, -0.2) is 40.3 Å². The molecule has 7 heteroatoms. The quantitative estimate of drug-likeness (QED) is 0.700. The number of hydrogen-bond acceptors (Lipinski definition) is 5. The zero-order valence-electron chi connectivity index (χ0n) is 16.6. The lowest BCUT2D eigenvalue weighted by molar-refractivity contribution is 0.195. The van der Waals surface area contributed by atoms with Gasteiger partial charge in [-0.3, -0.25) is 0 Å². The fraction of sp³-hybridized carbons (Fsp3) is 0.318. The number of nitrogens with zero attached hydrogens (tertiary/aromatic N) is 3. The maximum absolute atomic E-state index is 12.5. The Morgan fingerprint density at radius 1 is 1.28 bits per heavy atom. The number of ether oxygens (including phenoxy) is 1. The van der Waals surface area contributed by atoms with Crippen LogP contribution in [-0.2, 0) is 6.42 Å². The van der Waals surface area contributed by atoms with Gasteiger partial charge >= 0.3 is 6.03 Å². The maximum atomic E-state index is 12.5. The van der Waals surface area contributed by atoms with E-state index in [0.717, 1.165) is 29.0 Å². The van der Waals surface area contributed by atoms with Gasteiger partial charge in [0, 0.05) is 30.6 Å². The molecule has 0 spiro atoms. The summed E-state index contributed by atoms with van der Waals surface area (Å²) in [6, 6.07) is 15.3. The molecule has 29 heavy (non-hydrogen) atoms. The van der Waals surface area contributed by atoms with Crippen LogP contribution in [0.2, 0.25) is 0 Å². The van der Waals surface area contributed by atoms with Crippen molar-refractivity contribution in [1.29, 1.82) is 0 Å². The third-order valence-electron chi connectivity index (χ3n) is 4.89. The Kier molecular flexibility index (Phi) is 5.46. The van der Waals surface area contributed by atoms with Crippen molar-refractivity contribution in [3.63, 3.8) is 0 Å². The van der Waals surface area contributed by atoms with E-state index in [1.807, 2.05) is 62.4 Å². The van der Waals surface area contributed by atoms with E-state index in [9.17, 15) is 4.79 Å². The standard InChI is InChI=1S/C22H24N4O3/c1-3-20-24-21(25-29-20)16-7-9-18(10-8-16)28-19-11-12-26(14-19)22(27)23-17-6-4-5-15(2)13-17/h4-10,13,19H,3,11-12,14H2,1-2H3,(H,23,27). The van der Waals surface area contributed by atoms with Crippen molar-refractivity contribution >= 4 is 11.7 Å². The molecule has 1 aliphatic heterocycles. The third-order valence-corrected chi connectivity index (χ3v) is 4.89. The highest BCUT2D eigenvalue weighted by Gasteiger charge is 2.27. The number of urea groups is 1. The molecule has 1 fully saturated rings. The maximum Gasteiger partial charge on any atom is 0.321 e. The molecular formula is C22H24N4O3. The zero-order valence-corrected chi connectivity index (χ0v) is 16.6. The molecule has 3 aromatic rings. The van der Waals surface area contributed by atoms with E-state index in [1.54, 1.807) is 4.90 Å². The largest absolute Gasteiger partial charge is 0.489 e. The molecule has 0 radical (unpaired) electrons. The molecule has 2 aromatic carbocycles. The van der Waals surface area contributed by atoms with Crippen molar-refractivity contribution in [3.05, 3.63) is 60.0 Å². The predicted octanol–water partition coefficient (Wildman–Crippen LogP) is 4.29. The molecule has 1 saturated heterocycles. The molecule has 1 N–H and O–H groups in total. The van der Waals surface area contributed by atoms with Crippen LogP contribution < -0.4 is 10.1 Å². The summed E-state index contributed by atoms with van der Waals surface area (Å²) in [5.74, 6) is 1.96. The summed E-state index contributed by atoms with van der Waals surface area (Å²) in [5, 5.41) is 6.93. The minimum Gasteiger partial charge on any atom is -0.489 e. The molecule has 1 aliphatic rings. The number of anilines is 1. The summed E-state index contributed by atoms with van der Waals surface area (Å²) in [6.45, 7) is 5.20. The van der Waals surface area contributed by atoms with Crippen LogP contribution in [0.1, 0.15) is 24.8 Å². The molecule has 7 nitrogen and oxygen atoms in total. The predicted molar refractivity (Wildman–Crippen MR) is 110 cm³/mol. The summed E-state index contributed by atoms with van der Waals surface area (Å²) in [6.07, 6.45) is 1.48. The van der Waals surface area contributed by atoms with Crippen LogP contribution in [0.25, 0.3) is 11.4 Å². The molecule has 0 aliphatic carbocycles. The van der Waals surface area contributed by atoms with Crippen molar-refractivity contribution in [2.45, 2.75) is 32.8 Å². The SMILES string of the molecule is CCc1nc(-c2ccc(OC3CCN(C(=O)Nc4cccc(C)c4)C3)cc2)no1. The second kappa shape index (κ2) is 8.34. The van der Waals surface area contributed by atoms with Crippen LogP contribution in [0.4, 0.5) is 10.5 Å². The van der Waals surface area contributed by atoms with Gasteiger partial charge in [0.05, 0.1) is 6.54 Å². The number of carbonyl (C=O) groups excluding carboxylic acids is 1. The molecular weight excluding hydrogens is 368 g/mol. The van der Waals surface area contributed by atoms with Crippen molar-refractivity contribution in [2.24, 2.45) is 0 Å². The number of nitrogens with one attached hydrogen (secondary N) is 1. The minimum absolute atomic E-state index is 0.0269. The third kappa shape index (κ3) is 4.56. The van der Waals surface area contributed by atoms with Gasteiger partial charge in [-0.2, -0.15) is 4.98 Å². The van der Waals surface area contributed by atoms with Crippen molar-refractivity contribution in [1.82, 2.24) is 15.0 Å². The fourth-order valence-corrected chi connectivity index (χ4v) is 3.32. The van der Waals surface area contributed by atoms with Gasteiger partial charge in [-0.25, -0.2) is 4.79 Å². The summed E-state index contributed by atoms with van der Waals surface area (Å²) >= 11 is 0. The monoisotopic (exact) mass is 392 g/mol. The zero-order chi connectivity index (χ0) is 20.2.